The molecule has 0 bridgehead atoms. The predicted octanol–water partition coefficient (Wildman–Crippen LogP) is 18.7. The SMILES string of the molecule is CC(C)(C)c1cc(Oc2ccc3c4ccccc4n(-c4cc(C(C)(C)C)ccn4)c3c2)cc(N2Cn3c4c(-c5cc(C(C)(C)C)cc([Si](C)(C)C)c5)cccc4c4ccccc4c4ccccc4c4cccc2c43)c1. The predicted molar refractivity (Wildman–Crippen MR) is 324 cm³/mol. The van der Waals surface area contributed by atoms with E-state index >= 15 is 0 Å². The van der Waals surface area contributed by atoms with Gasteiger partial charge in [0.1, 0.15) is 24.0 Å². The van der Waals surface area contributed by atoms with Gasteiger partial charge in [0.2, 0.25) is 0 Å². The van der Waals surface area contributed by atoms with E-state index in [2.05, 4.69) is 272 Å². The molecule has 0 amide bonds. The molecule has 0 saturated carbocycles. The summed E-state index contributed by atoms with van der Waals surface area (Å²) in [5.41, 5.74) is 12.9. The van der Waals surface area contributed by atoms with Gasteiger partial charge in [-0.15, -0.1) is 0 Å². The van der Waals surface area contributed by atoms with Crippen LogP contribution >= 0.6 is 0 Å². The Morgan fingerprint density at radius 1 is 0.453 bits per heavy atom. The molecule has 4 heterocycles. The highest BCUT2D eigenvalue weighted by atomic mass is 28.3. The number of rotatable bonds is 6. The average Bonchev–Trinajstić information content (AvgIpc) is 3.97. The number of nitrogens with zero attached hydrogens (tertiary/aromatic N) is 4. The smallest absolute Gasteiger partial charge is 0.137 e. The number of para-hydroxylation sites is 3. The number of aromatic nitrogens is 3. The Hall–Kier alpha value is -7.67. The summed E-state index contributed by atoms with van der Waals surface area (Å²) in [5, 5.41) is 11.2. The number of hydrogen-bond donors (Lipinski definition) is 0. The second-order valence-corrected chi connectivity index (χ2v) is 30.1. The Morgan fingerprint density at radius 2 is 1.03 bits per heavy atom. The van der Waals surface area contributed by atoms with Crippen LogP contribution in [0, 0.1) is 0 Å². The Bertz CT molecular complexity index is 4150. The van der Waals surface area contributed by atoms with Crippen molar-refractivity contribution < 1.29 is 4.74 Å². The van der Waals surface area contributed by atoms with E-state index in [4.69, 9.17) is 9.72 Å². The minimum Gasteiger partial charge on any atom is -0.457 e. The van der Waals surface area contributed by atoms with Gasteiger partial charge in [0.25, 0.3) is 0 Å². The molecule has 0 spiro atoms. The number of benzene rings is 8. The van der Waals surface area contributed by atoms with Crippen LogP contribution in [0.4, 0.5) is 11.4 Å². The first kappa shape index (κ1) is 48.3. The van der Waals surface area contributed by atoms with Crippen molar-refractivity contribution >= 4 is 89.8 Å². The maximum absolute atomic E-state index is 7.15. The molecule has 3 aromatic heterocycles. The summed E-state index contributed by atoms with van der Waals surface area (Å²) in [6.45, 7) is 28.7. The topological polar surface area (TPSA) is 35.2 Å². The summed E-state index contributed by atoms with van der Waals surface area (Å²) in [7, 11) is -1.74. The Balaban J connectivity index is 1.10. The largest absolute Gasteiger partial charge is 0.457 e. The highest BCUT2D eigenvalue weighted by Gasteiger charge is 2.29. The van der Waals surface area contributed by atoms with Crippen LogP contribution in [0.1, 0.15) is 79.0 Å². The first-order valence-corrected chi connectivity index (χ1v) is 30.2. The molecular weight excluding hydrogens is 929 g/mol. The number of anilines is 2. The Morgan fingerprint density at radius 3 is 1.68 bits per heavy atom. The van der Waals surface area contributed by atoms with Crippen molar-refractivity contribution in [1.29, 1.82) is 0 Å². The molecule has 8 aromatic carbocycles. The molecule has 0 unspecified atom stereocenters. The van der Waals surface area contributed by atoms with Crippen LogP contribution in [-0.4, -0.2) is 22.2 Å². The highest BCUT2D eigenvalue weighted by Crippen LogP contribution is 2.47. The third kappa shape index (κ3) is 8.44. The van der Waals surface area contributed by atoms with Gasteiger partial charge in [-0.1, -0.05) is 202 Å². The highest BCUT2D eigenvalue weighted by molar-refractivity contribution is 6.88. The molecule has 0 fully saturated rings. The summed E-state index contributed by atoms with van der Waals surface area (Å²) in [6.07, 6.45) is 1.94. The lowest BCUT2D eigenvalue weighted by molar-refractivity contribution is 0.479. The first-order valence-electron chi connectivity index (χ1n) is 26.7. The van der Waals surface area contributed by atoms with Gasteiger partial charge < -0.3 is 14.2 Å². The molecule has 0 aliphatic carbocycles. The van der Waals surface area contributed by atoms with Gasteiger partial charge in [0, 0.05) is 51.1 Å². The van der Waals surface area contributed by atoms with Gasteiger partial charge in [-0.2, -0.15) is 0 Å². The molecule has 11 aromatic rings. The van der Waals surface area contributed by atoms with Crippen LogP contribution in [0.3, 0.4) is 0 Å². The van der Waals surface area contributed by atoms with E-state index in [1.165, 1.54) is 81.7 Å². The minimum absolute atomic E-state index is 0.0263. The van der Waals surface area contributed by atoms with Crippen molar-refractivity contribution in [3.8, 4) is 28.4 Å². The van der Waals surface area contributed by atoms with Crippen molar-refractivity contribution in [2.45, 2.75) is 105 Å². The average molecular weight is 997 g/mol. The fourth-order valence-electron chi connectivity index (χ4n) is 11.4. The second kappa shape index (κ2) is 17.5. The minimum atomic E-state index is -1.74. The second-order valence-electron chi connectivity index (χ2n) is 25.0. The van der Waals surface area contributed by atoms with E-state index in [1.807, 2.05) is 6.20 Å². The Kier molecular flexibility index (Phi) is 11.2. The van der Waals surface area contributed by atoms with Crippen molar-refractivity contribution in [3.05, 3.63) is 199 Å². The zero-order chi connectivity index (χ0) is 52.3. The van der Waals surface area contributed by atoms with Crippen molar-refractivity contribution in [3.63, 3.8) is 0 Å². The van der Waals surface area contributed by atoms with E-state index < -0.39 is 8.07 Å². The lowest BCUT2D eigenvalue weighted by Gasteiger charge is -2.26. The quantitative estimate of drug-likeness (QED) is 0.156. The van der Waals surface area contributed by atoms with Gasteiger partial charge in [-0.25, -0.2) is 4.98 Å². The van der Waals surface area contributed by atoms with Gasteiger partial charge in [0.15, 0.2) is 0 Å². The third-order valence-corrected chi connectivity index (χ3v) is 17.7. The molecule has 6 heteroatoms. The fraction of sp³-hybridized carbons (Fsp3) is 0.232. The van der Waals surface area contributed by atoms with Crippen LogP contribution < -0.4 is 14.8 Å². The first-order chi connectivity index (χ1) is 35.7. The maximum atomic E-state index is 7.15. The standard InChI is InChI=1S/C69H68N4OSi/c1-67(2,3)45-33-34-70-64(40-45)73-61-29-18-17-25-57(61)58-32-31-49(42-63(58)73)74-50-38-47(69(7,8)9)37-48(41-50)71-43-72-65-52(44-35-46(68(4,5)6)39-51(36-44)75(10,11)12)26-19-27-59(65)55-23-15-13-21-53(55)54-22-14-16-24-56(54)60-28-20-30-62(71)66(60)72/h13-42H,43H2,1-12H3. The van der Waals surface area contributed by atoms with Crippen molar-refractivity contribution in [1.82, 2.24) is 14.1 Å². The number of ether oxygens (including phenoxy) is 1. The molecule has 5 nitrogen and oxygen atoms in total. The van der Waals surface area contributed by atoms with Gasteiger partial charge in [-0.3, -0.25) is 4.57 Å². The maximum Gasteiger partial charge on any atom is 0.137 e. The molecule has 75 heavy (non-hydrogen) atoms. The van der Waals surface area contributed by atoms with Gasteiger partial charge in [-0.05, 0) is 109 Å². The zero-order valence-electron chi connectivity index (χ0n) is 45.7. The molecule has 0 saturated heterocycles. The number of hydrogen-bond acceptors (Lipinski definition) is 3. The molecule has 0 atom stereocenters. The summed E-state index contributed by atoms with van der Waals surface area (Å²) in [6, 6.07) is 65.8. The van der Waals surface area contributed by atoms with Gasteiger partial charge >= 0.3 is 0 Å². The molecular formula is C69H68N4OSi. The summed E-state index contributed by atoms with van der Waals surface area (Å²) >= 11 is 0. The van der Waals surface area contributed by atoms with Crippen molar-refractivity contribution in [2.75, 3.05) is 4.90 Å². The summed E-state index contributed by atoms with van der Waals surface area (Å²) in [5.74, 6) is 2.46. The Labute approximate surface area is 443 Å². The van der Waals surface area contributed by atoms with E-state index in [9.17, 15) is 0 Å². The lowest BCUT2D eigenvalue weighted by atomic mass is 9.85. The zero-order valence-corrected chi connectivity index (χ0v) is 46.7. The lowest BCUT2D eigenvalue weighted by Crippen LogP contribution is -2.38. The fourth-order valence-corrected chi connectivity index (χ4v) is 12.6. The van der Waals surface area contributed by atoms with E-state index in [1.54, 1.807) is 0 Å². The molecule has 0 N–H and O–H groups in total. The molecule has 1 aliphatic heterocycles. The normalized spacial score (nSPS) is 13.3. The summed E-state index contributed by atoms with van der Waals surface area (Å²) < 4.78 is 12.1. The number of fused-ring (bicyclic) bond motifs is 10. The molecule has 1 aliphatic rings. The van der Waals surface area contributed by atoms with Crippen LogP contribution in [0.25, 0.3) is 82.1 Å². The molecule has 374 valence electrons. The molecule has 12 rings (SSSR count). The van der Waals surface area contributed by atoms with Crippen molar-refractivity contribution in [2.24, 2.45) is 0 Å². The summed E-state index contributed by atoms with van der Waals surface area (Å²) in [4.78, 5) is 7.48. The van der Waals surface area contributed by atoms with E-state index in [-0.39, 0.29) is 16.2 Å². The van der Waals surface area contributed by atoms with Crippen LogP contribution in [-0.2, 0) is 22.9 Å². The monoisotopic (exact) mass is 997 g/mol. The van der Waals surface area contributed by atoms with E-state index in [0.717, 1.165) is 45.1 Å². The third-order valence-electron chi connectivity index (χ3n) is 15.7. The van der Waals surface area contributed by atoms with Gasteiger partial charge in [0.05, 0.1) is 35.8 Å². The number of pyridine rings is 1. The molecule has 0 radical (unpaired) electrons. The van der Waals surface area contributed by atoms with Crippen LogP contribution in [0.2, 0.25) is 19.6 Å². The van der Waals surface area contributed by atoms with Crippen LogP contribution in [0.15, 0.2) is 182 Å². The van der Waals surface area contributed by atoms with E-state index in [0.29, 0.717) is 6.67 Å². The van der Waals surface area contributed by atoms with Crippen LogP contribution in [0.5, 0.6) is 11.5 Å².